The molecule has 5 atom stereocenters. The normalized spacial score (nSPS) is 27.6. The Balaban J connectivity index is 3.27. The number of ether oxygens (including phenoxy) is 5. The fourth-order valence-corrected chi connectivity index (χ4v) is 7.10. The standard InChI is InChI=1S/C16H25AsO9S/c1-8(18)22-7-12-13(23-9(2)19)14(24-10(3)20)15(25-11(4)21)16(26-12)27-17(5)6/h12-16H,7H2,1-6H3. The molecule has 1 fully saturated rings. The second-order valence-corrected chi connectivity index (χ2v) is 15.2. The van der Waals surface area contributed by atoms with Gasteiger partial charge in [-0.2, -0.15) is 0 Å². The Morgan fingerprint density at radius 1 is 0.815 bits per heavy atom. The fraction of sp³-hybridized carbons (Fsp3) is 0.750. The first-order valence-corrected chi connectivity index (χ1v) is 15.0. The van der Waals surface area contributed by atoms with Crippen LogP contribution in [0.5, 0.6) is 0 Å². The summed E-state index contributed by atoms with van der Waals surface area (Å²) in [5.41, 5.74) is 3.47. The summed E-state index contributed by atoms with van der Waals surface area (Å²) < 4.78 is 27.0. The maximum absolute atomic E-state index is 11.6. The number of rotatable bonds is 7. The molecule has 1 rings (SSSR count). The van der Waals surface area contributed by atoms with Gasteiger partial charge < -0.3 is 0 Å². The van der Waals surface area contributed by atoms with Crippen LogP contribution < -0.4 is 0 Å². The van der Waals surface area contributed by atoms with Crippen molar-refractivity contribution < 1.29 is 42.9 Å². The number of carbonyl (C=O) groups is 4. The molecule has 0 radical (unpaired) electrons. The topological polar surface area (TPSA) is 114 Å². The molecule has 1 heterocycles. The molecule has 1 aliphatic heterocycles. The Labute approximate surface area is 166 Å². The van der Waals surface area contributed by atoms with E-state index < -0.39 is 67.2 Å². The van der Waals surface area contributed by atoms with Gasteiger partial charge in [0.15, 0.2) is 0 Å². The van der Waals surface area contributed by atoms with E-state index in [2.05, 4.69) is 11.4 Å². The molecule has 5 unspecified atom stereocenters. The molecule has 0 aromatic rings. The molecule has 0 saturated carbocycles. The van der Waals surface area contributed by atoms with Gasteiger partial charge in [0.2, 0.25) is 0 Å². The van der Waals surface area contributed by atoms with Crippen molar-refractivity contribution in [3.05, 3.63) is 0 Å². The zero-order valence-electron chi connectivity index (χ0n) is 16.1. The van der Waals surface area contributed by atoms with E-state index in [4.69, 9.17) is 23.7 Å². The Bertz CT molecular complexity index is 568. The summed E-state index contributed by atoms with van der Waals surface area (Å²) in [5.74, 6) is -2.39. The van der Waals surface area contributed by atoms with Gasteiger partial charge in [0, 0.05) is 0 Å². The van der Waals surface area contributed by atoms with Gasteiger partial charge in [0.1, 0.15) is 0 Å². The van der Waals surface area contributed by atoms with Crippen LogP contribution in [0.15, 0.2) is 0 Å². The van der Waals surface area contributed by atoms with Crippen LogP contribution in [-0.2, 0) is 42.9 Å². The molecular formula is C16H25AsO9S. The number of hydrogen-bond donors (Lipinski definition) is 0. The molecule has 0 N–H and O–H groups in total. The summed E-state index contributed by atoms with van der Waals surface area (Å²) in [5, 5.41) is 0. The molecule has 0 aromatic carbocycles. The van der Waals surface area contributed by atoms with E-state index in [1.165, 1.54) is 37.7 Å². The van der Waals surface area contributed by atoms with Crippen molar-refractivity contribution in [2.45, 2.75) is 69.0 Å². The summed E-state index contributed by atoms with van der Waals surface area (Å²) in [7, 11) is 1.49. The molecular weight excluding hydrogens is 443 g/mol. The SMILES string of the molecule is CC(=O)OCC1OC(S[As](C)C)C(OC(C)=O)C(OC(C)=O)C1OC(C)=O. The first-order valence-electron chi connectivity index (χ1n) is 8.15. The van der Waals surface area contributed by atoms with Crippen molar-refractivity contribution in [1.82, 2.24) is 0 Å². The zero-order chi connectivity index (χ0) is 20.7. The van der Waals surface area contributed by atoms with Gasteiger partial charge in [-0.15, -0.1) is 0 Å². The molecule has 1 aliphatic rings. The van der Waals surface area contributed by atoms with E-state index in [1.54, 1.807) is 0 Å². The summed E-state index contributed by atoms with van der Waals surface area (Å²) in [6.45, 7) is 4.66. The van der Waals surface area contributed by atoms with Crippen molar-refractivity contribution in [2.24, 2.45) is 0 Å². The quantitative estimate of drug-likeness (QED) is 0.305. The number of carbonyl (C=O) groups excluding carboxylic acids is 4. The van der Waals surface area contributed by atoms with Crippen LogP contribution in [-0.4, -0.2) is 73.8 Å². The van der Waals surface area contributed by atoms with Crippen LogP contribution in [0.4, 0.5) is 0 Å². The Hall–Kier alpha value is -1.25. The Kier molecular flexibility index (Phi) is 9.62. The molecule has 11 heteroatoms. The number of esters is 4. The van der Waals surface area contributed by atoms with Crippen molar-refractivity contribution in [3.8, 4) is 0 Å². The summed E-state index contributed by atoms with van der Waals surface area (Å²) in [6.07, 6.45) is -4.02. The summed E-state index contributed by atoms with van der Waals surface area (Å²) in [6, 6.07) is 0. The predicted molar refractivity (Wildman–Crippen MR) is 97.0 cm³/mol. The zero-order valence-corrected chi connectivity index (χ0v) is 18.8. The predicted octanol–water partition coefficient (Wildman–Crippen LogP) is 1.05. The molecule has 0 aromatic heterocycles. The Morgan fingerprint density at radius 3 is 1.74 bits per heavy atom. The van der Waals surface area contributed by atoms with E-state index in [0.29, 0.717) is 0 Å². The van der Waals surface area contributed by atoms with Gasteiger partial charge in [0.05, 0.1) is 0 Å². The second kappa shape index (κ2) is 10.9. The molecule has 0 spiro atoms. The molecule has 0 amide bonds. The molecule has 27 heavy (non-hydrogen) atoms. The van der Waals surface area contributed by atoms with E-state index in [0.717, 1.165) is 0 Å². The van der Waals surface area contributed by atoms with Gasteiger partial charge in [0.25, 0.3) is 0 Å². The average Bonchev–Trinajstić information content (AvgIpc) is 2.49. The van der Waals surface area contributed by atoms with Crippen molar-refractivity contribution in [2.75, 3.05) is 6.61 Å². The molecule has 9 nitrogen and oxygen atoms in total. The molecule has 0 bridgehead atoms. The van der Waals surface area contributed by atoms with E-state index in [1.807, 2.05) is 0 Å². The summed E-state index contributed by atoms with van der Waals surface area (Å²) >= 11 is -1.33. The van der Waals surface area contributed by atoms with E-state index >= 15 is 0 Å². The van der Waals surface area contributed by atoms with Crippen LogP contribution in [0.3, 0.4) is 0 Å². The molecule has 0 aliphatic carbocycles. The molecule has 1 saturated heterocycles. The van der Waals surface area contributed by atoms with Gasteiger partial charge in [-0.05, 0) is 0 Å². The third-order valence-electron chi connectivity index (χ3n) is 3.26. The second-order valence-electron chi connectivity index (χ2n) is 5.99. The van der Waals surface area contributed by atoms with Crippen molar-refractivity contribution in [1.29, 1.82) is 0 Å². The average molecular weight is 468 g/mol. The van der Waals surface area contributed by atoms with Gasteiger partial charge in [-0.3, -0.25) is 0 Å². The monoisotopic (exact) mass is 468 g/mol. The van der Waals surface area contributed by atoms with E-state index in [9.17, 15) is 19.2 Å². The minimum absolute atomic E-state index is 0.199. The van der Waals surface area contributed by atoms with Crippen LogP contribution in [0.1, 0.15) is 27.7 Å². The maximum atomic E-state index is 11.6. The van der Waals surface area contributed by atoms with Crippen LogP contribution in [0, 0.1) is 0 Å². The molecule has 154 valence electrons. The van der Waals surface area contributed by atoms with Gasteiger partial charge >= 0.3 is 166 Å². The van der Waals surface area contributed by atoms with Crippen LogP contribution in [0.2, 0.25) is 11.4 Å². The van der Waals surface area contributed by atoms with Gasteiger partial charge in [-0.1, -0.05) is 0 Å². The van der Waals surface area contributed by atoms with Crippen LogP contribution in [0.25, 0.3) is 0 Å². The van der Waals surface area contributed by atoms with Crippen molar-refractivity contribution in [3.63, 3.8) is 0 Å². The van der Waals surface area contributed by atoms with E-state index in [-0.39, 0.29) is 6.61 Å². The minimum atomic E-state index is -1.33. The Morgan fingerprint density at radius 2 is 1.30 bits per heavy atom. The van der Waals surface area contributed by atoms with Crippen LogP contribution >= 0.6 is 10.0 Å². The first kappa shape index (κ1) is 23.8. The third kappa shape index (κ3) is 8.11. The first-order chi connectivity index (χ1) is 12.5. The van der Waals surface area contributed by atoms with Crippen molar-refractivity contribution >= 4 is 47.4 Å². The summed E-state index contributed by atoms with van der Waals surface area (Å²) in [4.78, 5) is 46.0. The number of hydrogen-bond acceptors (Lipinski definition) is 10. The fourth-order valence-electron chi connectivity index (χ4n) is 2.48. The third-order valence-corrected chi connectivity index (χ3v) is 8.23. The van der Waals surface area contributed by atoms with Gasteiger partial charge in [-0.25, -0.2) is 0 Å².